The maximum absolute atomic E-state index is 5.53. The summed E-state index contributed by atoms with van der Waals surface area (Å²) >= 11 is 1.69. The first-order chi connectivity index (χ1) is 5.38. The Kier molecular flexibility index (Phi) is 3.56. The topological polar surface area (TPSA) is 35.2 Å². The van der Waals surface area contributed by atoms with E-state index in [0.717, 1.165) is 6.61 Å². The SMILES string of the molecule is CCOC(CN)c1cccs1. The summed E-state index contributed by atoms with van der Waals surface area (Å²) in [5, 5.41) is 2.04. The van der Waals surface area contributed by atoms with Crippen molar-refractivity contribution >= 4 is 11.3 Å². The highest BCUT2D eigenvalue weighted by Crippen LogP contribution is 2.20. The summed E-state index contributed by atoms with van der Waals surface area (Å²) < 4.78 is 5.42. The molecule has 0 saturated heterocycles. The molecule has 0 amide bonds. The van der Waals surface area contributed by atoms with Gasteiger partial charge in [-0.15, -0.1) is 11.3 Å². The zero-order valence-corrected chi connectivity index (χ0v) is 7.43. The van der Waals surface area contributed by atoms with Crippen molar-refractivity contribution in [3.63, 3.8) is 0 Å². The molecule has 0 spiro atoms. The highest BCUT2D eigenvalue weighted by molar-refractivity contribution is 7.10. The van der Waals surface area contributed by atoms with E-state index in [9.17, 15) is 0 Å². The van der Waals surface area contributed by atoms with Crippen LogP contribution in [0.5, 0.6) is 0 Å². The molecule has 2 nitrogen and oxygen atoms in total. The third kappa shape index (κ3) is 2.29. The Morgan fingerprint density at radius 1 is 1.73 bits per heavy atom. The average Bonchev–Trinajstić information content (AvgIpc) is 2.52. The van der Waals surface area contributed by atoms with Crippen LogP contribution in [0.15, 0.2) is 17.5 Å². The highest BCUT2D eigenvalue weighted by Gasteiger charge is 2.08. The van der Waals surface area contributed by atoms with Gasteiger partial charge in [0.15, 0.2) is 0 Å². The Balaban J connectivity index is 2.56. The van der Waals surface area contributed by atoms with Gasteiger partial charge in [0.2, 0.25) is 0 Å². The van der Waals surface area contributed by atoms with Crippen LogP contribution in [0, 0.1) is 0 Å². The van der Waals surface area contributed by atoms with Crippen LogP contribution in [0.25, 0.3) is 0 Å². The van der Waals surface area contributed by atoms with Crippen LogP contribution in [-0.2, 0) is 4.74 Å². The monoisotopic (exact) mass is 171 g/mol. The Labute approximate surface area is 71.0 Å². The molecule has 1 aromatic rings. The zero-order valence-electron chi connectivity index (χ0n) is 6.62. The summed E-state index contributed by atoms with van der Waals surface area (Å²) in [5.41, 5.74) is 5.53. The maximum Gasteiger partial charge on any atom is 0.104 e. The fraction of sp³-hybridized carbons (Fsp3) is 0.500. The van der Waals surface area contributed by atoms with Crippen molar-refractivity contribution < 1.29 is 4.74 Å². The van der Waals surface area contributed by atoms with E-state index in [0.29, 0.717) is 6.54 Å². The van der Waals surface area contributed by atoms with E-state index in [-0.39, 0.29) is 6.10 Å². The zero-order chi connectivity index (χ0) is 8.10. The molecule has 1 atom stereocenters. The molecule has 0 aromatic carbocycles. The molecule has 11 heavy (non-hydrogen) atoms. The van der Waals surface area contributed by atoms with Gasteiger partial charge in [0.25, 0.3) is 0 Å². The molecule has 1 unspecified atom stereocenters. The summed E-state index contributed by atoms with van der Waals surface area (Å²) in [6.45, 7) is 3.27. The standard InChI is InChI=1S/C8H13NOS/c1-2-10-7(6-9)8-4-3-5-11-8/h3-5,7H,2,6,9H2,1H3. The number of hydrogen-bond donors (Lipinski definition) is 1. The summed E-state index contributed by atoms with van der Waals surface area (Å²) in [6.07, 6.45) is 0.0972. The third-order valence-corrected chi connectivity index (χ3v) is 2.41. The lowest BCUT2D eigenvalue weighted by molar-refractivity contribution is 0.0714. The second kappa shape index (κ2) is 4.49. The minimum atomic E-state index is 0.0972. The molecule has 0 fully saturated rings. The van der Waals surface area contributed by atoms with Crippen LogP contribution in [0.1, 0.15) is 17.9 Å². The molecule has 0 bridgehead atoms. The first kappa shape index (κ1) is 8.71. The van der Waals surface area contributed by atoms with E-state index >= 15 is 0 Å². The van der Waals surface area contributed by atoms with Gasteiger partial charge in [-0.3, -0.25) is 0 Å². The Morgan fingerprint density at radius 2 is 2.55 bits per heavy atom. The van der Waals surface area contributed by atoms with Gasteiger partial charge < -0.3 is 10.5 Å². The van der Waals surface area contributed by atoms with Crippen molar-refractivity contribution in [2.24, 2.45) is 5.73 Å². The van der Waals surface area contributed by atoms with E-state index in [4.69, 9.17) is 10.5 Å². The maximum atomic E-state index is 5.53. The molecule has 0 saturated carbocycles. The summed E-state index contributed by atoms with van der Waals surface area (Å²) in [7, 11) is 0. The van der Waals surface area contributed by atoms with Crippen molar-refractivity contribution in [3.8, 4) is 0 Å². The molecule has 1 rings (SSSR count). The highest BCUT2D eigenvalue weighted by atomic mass is 32.1. The van der Waals surface area contributed by atoms with Crippen molar-refractivity contribution in [1.82, 2.24) is 0 Å². The Bertz CT molecular complexity index is 186. The lowest BCUT2D eigenvalue weighted by Crippen LogP contribution is -2.14. The van der Waals surface area contributed by atoms with Gasteiger partial charge in [0.1, 0.15) is 6.10 Å². The first-order valence-corrected chi connectivity index (χ1v) is 4.61. The van der Waals surface area contributed by atoms with Crippen LogP contribution in [0.2, 0.25) is 0 Å². The molecule has 1 aromatic heterocycles. The van der Waals surface area contributed by atoms with Crippen LogP contribution in [0.3, 0.4) is 0 Å². The quantitative estimate of drug-likeness (QED) is 0.749. The summed E-state index contributed by atoms with van der Waals surface area (Å²) in [4.78, 5) is 1.22. The Hall–Kier alpha value is -0.380. The van der Waals surface area contributed by atoms with E-state index in [1.54, 1.807) is 11.3 Å². The van der Waals surface area contributed by atoms with Crippen molar-refractivity contribution in [2.75, 3.05) is 13.2 Å². The summed E-state index contributed by atoms with van der Waals surface area (Å²) in [6, 6.07) is 4.07. The van der Waals surface area contributed by atoms with E-state index in [2.05, 4.69) is 6.07 Å². The lowest BCUT2D eigenvalue weighted by Gasteiger charge is -2.11. The second-order valence-electron chi connectivity index (χ2n) is 2.20. The lowest BCUT2D eigenvalue weighted by atomic mass is 10.3. The molecule has 0 aliphatic carbocycles. The largest absolute Gasteiger partial charge is 0.372 e. The number of nitrogens with two attached hydrogens (primary N) is 1. The van der Waals surface area contributed by atoms with Gasteiger partial charge in [-0.1, -0.05) is 6.07 Å². The fourth-order valence-corrected chi connectivity index (χ4v) is 1.73. The molecule has 0 radical (unpaired) electrons. The van der Waals surface area contributed by atoms with E-state index in [1.807, 2.05) is 18.4 Å². The predicted molar refractivity (Wildman–Crippen MR) is 47.7 cm³/mol. The fourth-order valence-electron chi connectivity index (χ4n) is 0.942. The van der Waals surface area contributed by atoms with Crippen LogP contribution >= 0.6 is 11.3 Å². The molecule has 62 valence electrons. The molecule has 2 N–H and O–H groups in total. The van der Waals surface area contributed by atoms with Gasteiger partial charge >= 0.3 is 0 Å². The number of ether oxygens (including phenoxy) is 1. The number of hydrogen-bond acceptors (Lipinski definition) is 3. The van der Waals surface area contributed by atoms with Gasteiger partial charge in [0.05, 0.1) is 0 Å². The van der Waals surface area contributed by atoms with Gasteiger partial charge in [0, 0.05) is 18.0 Å². The first-order valence-electron chi connectivity index (χ1n) is 3.73. The van der Waals surface area contributed by atoms with Gasteiger partial charge in [-0.2, -0.15) is 0 Å². The minimum absolute atomic E-state index is 0.0972. The molecule has 0 aliphatic rings. The van der Waals surface area contributed by atoms with E-state index in [1.165, 1.54) is 4.88 Å². The molecular weight excluding hydrogens is 158 g/mol. The second-order valence-corrected chi connectivity index (χ2v) is 3.17. The molecule has 1 heterocycles. The van der Waals surface area contributed by atoms with E-state index < -0.39 is 0 Å². The van der Waals surface area contributed by atoms with Crippen molar-refractivity contribution in [1.29, 1.82) is 0 Å². The predicted octanol–water partition coefficient (Wildman–Crippen LogP) is 1.78. The normalized spacial score (nSPS) is 13.3. The van der Waals surface area contributed by atoms with Crippen LogP contribution < -0.4 is 5.73 Å². The summed E-state index contributed by atoms with van der Waals surface area (Å²) in [5.74, 6) is 0. The average molecular weight is 171 g/mol. The van der Waals surface area contributed by atoms with Crippen LogP contribution in [0.4, 0.5) is 0 Å². The van der Waals surface area contributed by atoms with Crippen molar-refractivity contribution in [2.45, 2.75) is 13.0 Å². The molecule has 3 heteroatoms. The minimum Gasteiger partial charge on any atom is -0.372 e. The van der Waals surface area contributed by atoms with Gasteiger partial charge in [-0.05, 0) is 18.4 Å². The molecular formula is C8H13NOS. The van der Waals surface area contributed by atoms with Gasteiger partial charge in [-0.25, -0.2) is 0 Å². The number of rotatable bonds is 4. The smallest absolute Gasteiger partial charge is 0.104 e. The molecule has 0 aliphatic heterocycles. The Morgan fingerprint density at radius 3 is 3.00 bits per heavy atom. The number of thiophene rings is 1. The van der Waals surface area contributed by atoms with Crippen molar-refractivity contribution in [3.05, 3.63) is 22.4 Å². The third-order valence-electron chi connectivity index (χ3n) is 1.44. The van der Waals surface area contributed by atoms with Crippen LogP contribution in [-0.4, -0.2) is 13.2 Å².